The van der Waals surface area contributed by atoms with Crippen molar-refractivity contribution in [3.05, 3.63) is 30.1 Å². The molecule has 0 aliphatic carbocycles. The third-order valence-electron chi connectivity index (χ3n) is 2.49. The van der Waals surface area contributed by atoms with Crippen molar-refractivity contribution in [2.45, 2.75) is 0 Å². The Balaban J connectivity index is 2.15. The number of hydrogen-bond acceptors (Lipinski definition) is 5. The van der Waals surface area contributed by atoms with Gasteiger partial charge < -0.3 is 14.8 Å². The molecular formula is C12H14N4O3. The minimum atomic E-state index is -0.361. The zero-order valence-corrected chi connectivity index (χ0v) is 10.9. The van der Waals surface area contributed by atoms with Crippen molar-refractivity contribution in [3.63, 3.8) is 0 Å². The fourth-order valence-corrected chi connectivity index (χ4v) is 1.54. The van der Waals surface area contributed by atoms with E-state index in [1.807, 2.05) is 0 Å². The van der Waals surface area contributed by atoms with E-state index >= 15 is 0 Å². The highest BCUT2D eigenvalue weighted by molar-refractivity contribution is 6.02. The fourth-order valence-electron chi connectivity index (χ4n) is 1.54. The Bertz CT molecular complexity index is 594. The monoisotopic (exact) mass is 262 g/mol. The maximum Gasteiger partial charge on any atom is 0.277 e. The molecule has 0 radical (unpaired) electrons. The first-order valence-corrected chi connectivity index (χ1v) is 5.53. The number of rotatable bonds is 4. The summed E-state index contributed by atoms with van der Waals surface area (Å²) < 4.78 is 11.6. The highest BCUT2D eigenvalue weighted by Crippen LogP contribution is 2.16. The van der Waals surface area contributed by atoms with Gasteiger partial charge in [0.15, 0.2) is 5.69 Å². The SMILES string of the molecule is COc1ccnc(NC(=O)c2cc(OC)n(C)n2)c1. The maximum atomic E-state index is 12.0. The number of anilines is 1. The van der Waals surface area contributed by atoms with E-state index in [4.69, 9.17) is 9.47 Å². The fraction of sp³-hybridized carbons (Fsp3) is 0.250. The van der Waals surface area contributed by atoms with Crippen molar-refractivity contribution in [1.29, 1.82) is 0 Å². The first kappa shape index (κ1) is 12.9. The summed E-state index contributed by atoms with van der Waals surface area (Å²) in [6.07, 6.45) is 1.55. The van der Waals surface area contributed by atoms with Gasteiger partial charge in [0.1, 0.15) is 11.6 Å². The van der Waals surface area contributed by atoms with Crippen LogP contribution in [0.2, 0.25) is 0 Å². The molecule has 7 heteroatoms. The molecule has 2 aromatic rings. The van der Waals surface area contributed by atoms with E-state index < -0.39 is 0 Å². The second-order valence-corrected chi connectivity index (χ2v) is 3.73. The molecule has 0 aliphatic heterocycles. The van der Waals surface area contributed by atoms with Crippen molar-refractivity contribution < 1.29 is 14.3 Å². The van der Waals surface area contributed by atoms with Gasteiger partial charge in [0.25, 0.3) is 5.91 Å². The number of nitrogens with one attached hydrogen (secondary N) is 1. The summed E-state index contributed by atoms with van der Waals surface area (Å²) >= 11 is 0. The second-order valence-electron chi connectivity index (χ2n) is 3.73. The first-order chi connectivity index (χ1) is 9.13. The predicted octanol–water partition coefficient (Wildman–Crippen LogP) is 1.08. The molecule has 7 nitrogen and oxygen atoms in total. The van der Waals surface area contributed by atoms with Gasteiger partial charge in [-0.2, -0.15) is 5.10 Å². The van der Waals surface area contributed by atoms with Crippen LogP contribution in [0.4, 0.5) is 5.82 Å². The average Bonchev–Trinajstić information content (AvgIpc) is 2.80. The normalized spacial score (nSPS) is 10.1. The Hall–Kier alpha value is -2.57. The maximum absolute atomic E-state index is 12.0. The van der Waals surface area contributed by atoms with Gasteiger partial charge in [-0.05, 0) is 6.07 Å². The largest absolute Gasteiger partial charge is 0.497 e. The van der Waals surface area contributed by atoms with Crippen molar-refractivity contribution >= 4 is 11.7 Å². The zero-order chi connectivity index (χ0) is 13.8. The smallest absolute Gasteiger partial charge is 0.277 e. The van der Waals surface area contributed by atoms with E-state index in [2.05, 4.69) is 15.4 Å². The minimum absolute atomic E-state index is 0.254. The van der Waals surface area contributed by atoms with Gasteiger partial charge in [0, 0.05) is 25.4 Å². The van der Waals surface area contributed by atoms with Gasteiger partial charge in [-0.15, -0.1) is 0 Å². The van der Waals surface area contributed by atoms with Crippen LogP contribution in [-0.4, -0.2) is 34.9 Å². The number of methoxy groups -OCH3 is 2. The van der Waals surface area contributed by atoms with Gasteiger partial charge >= 0.3 is 0 Å². The summed E-state index contributed by atoms with van der Waals surface area (Å²) in [5, 5.41) is 6.68. The van der Waals surface area contributed by atoms with Gasteiger partial charge in [-0.3, -0.25) is 4.79 Å². The molecule has 0 saturated heterocycles. The topological polar surface area (TPSA) is 78.3 Å². The van der Waals surface area contributed by atoms with E-state index in [1.54, 1.807) is 38.6 Å². The molecule has 0 atom stereocenters. The van der Waals surface area contributed by atoms with E-state index in [-0.39, 0.29) is 11.6 Å². The van der Waals surface area contributed by atoms with E-state index in [9.17, 15) is 4.79 Å². The average molecular weight is 262 g/mol. The number of ether oxygens (including phenoxy) is 2. The number of carbonyl (C=O) groups is 1. The Morgan fingerprint density at radius 2 is 2.11 bits per heavy atom. The molecule has 2 rings (SSSR count). The van der Waals surface area contributed by atoms with Gasteiger partial charge in [-0.25, -0.2) is 9.67 Å². The van der Waals surface area contributed by atoms with Crippen LogP contribution >= 0.6 is 0 Å². The lowest BCUT2D eigenvalue weighted by atomic mass is 10.3. The Morgan fingerprint density at radius 1 is 1.32 bits per heavy atom. The van der Waals surface area contributed by atoms with Crippen molar-refractivity contribution in [2.75, 3.05) is 19.5 Å². The molecule has 0 fully saturated rings. The highest BCUT2D eigenvalue weighted by atomic mass is 16.5. The number of aromatic nitrogens is 3. The van der Waals surface area contributed by atoms with Crippen LogP contribution in [0.1, 0.15) is 10.5 Å². The molecular weight excluding hydrogens is 248 g/mol. The van der Waals surface area contributed by atoms with Crippen molar-refractivity contribution in [2.24, 2.45) is 7.05 Å². The molecule has 0 aliphatic rings. The molecule has 0 saturated carbocycles. The lowest BCUT2D eigenvalue weighted by Crippen LogP contribution is -2.14. The Kier molecular flexibility index (Phi) is 3.65. The third kappa shape index (κ3) is 2.82. The lowest BCUT2D eigenvalue weighted by Gasteiger charge is -2.04. The summed E-state index contributed by atoms with van der Waals surface area (Å²) in [6.45, 7) is 0. The highest BCUT2D eigenvalue weighted by Gasteiger charge is 2.13. The van der Waals surface area contributed by atoms with Crippen LogP contribution in [0.15, 0.2) is 24.4 Å². The summed E-state index contributed by atoms with van der Waals surface area (Å²) in [5.41, 5.74) is 0.254. The van der Waals surface area contributed by atoms with Crippen LogP contribution in [0.3, 0.4) is 0 Å². The molecule has 2 heterocycles. The molecule has 2 aromatic heterocycles. The molecule has 0 spiro atoms. The number of hydrogen-bond donors (Lipinski definition) is 1. The van der Waals surface area contributed by atoms with Crippen LogP contribution in [0.5, 0.6) is 11.6 Å². The molecule has 19 heavy (non-hydrogen) atoms. The summed E-state index contributed by atoms with van der Waals surface area (Å²) in [4.78, 5) is 16.0. The quantitative estimate of drug-likeness (QED) is 0.892. The minimum Gasteiger partial charge on any atom is -0.497 e. The van der Waals surface area contributed by atoms with Gasteiger partial charge in [0.2, 0.25) is 5.88 Å². The van der Waals surface area contributed by atoms with Gasteiger partial charge in [-0.1, -0.05) is 0 Å². The number of carbonyl (C=O) groups excluding carboxylic acids is 1. The number of aryl methyl sites for hydroxylation is 1. The second kappa shape index (κ2) is 5.38. The number of amides is 1. The first-order valence-electron chi connectivity index (χ1n) is 5.53. The number of pyridine rings is 1. The lowest BCUT2D eigenvalue weighted by molar-refractivity contribution is 0.102. The van der Waals surface area contributed by atoms with E-state index in [0.717, 1.165) is 0 Å². The molecule has 1 amide bonds. The molecule has 100 valence electrons. The van der Waals surface area contributed by atoms with Crippen LogP contribution in [-0.2, 0) is 7.05 Å². The molecule has 0 unspecified atom stereocenters. The number of nitrogens with zero attached hydrogens (tertiary/aromatic N) is 3. The predicted molar refractivity (Wildman–Crippen MR) is 68.5 cm³/mol. The standard InChI is InChI=1S/C12H14N4O3/c1-16-11(19-3)7-9(15-16)12(17)14-10-6-8(18-2)4-5-13-10/h4-7H,1-3H3,(H,13,14,17). The Morgan fingerprint density at radius 3 is 2.74 bits per heavy atom. The van der Waals surface area contributed by atoms with Crippen molar-refractivity contribution in [1.82, 2.24) is 14.8 Å². The molecule has 0 bridgehead atoms. The van der Waals surface area contributed by atoms with E-state index in [0.29, 0.717) is 17.4 Å². The summed E-state index contributed by atoms with van der Waals surface area (Å²) in [7, 11) is 4.76. The van der Waals surface area contributed by atoms with Crippen LogP contribution in [0, 0.1) is 0 Å². The third-order valence-corrected chi connectivity index (χ3v) is 2.49. The zero-order valence-electron chi connectivity index (χ0n) is 10.9. The van der Waals surface area contributed by atoms with E-state index in [1.165, 1.54) is 11.8 Å². The van der Waals surface area contributed by atoms with Crippen LogP contribution in [0.25, 0.3) is 0 Å². The van der Waals surface area contributed by atoms with Gasteiger partial charge in [0.05, 0.1) is 14.2 Å². The Labute approximate surface area is 110 Å². The van der Waals surface area contributed by atoms with Crippen molar-refractivity contribution in [3.8, 4) is 11.6 Å². The molecule has 0 aromatic carbocycles. The molecule has 1 N–H and O–H groups in total. The summed E-state index contributed by atoms with van der Waals surface area (Å²) in [5.74, 6) is 1.15. The van der Waals surface area contributed by atoms with Crippen LogP contribution < -0.4 is 14.8 Å². The summed E-state index contributed by atoms with van der Waals surface area (Å²) in [6, 6.07) is 4.87.